The van der Waals surface area contributed by atoms with E-state index < -0.39 is 39.4 Å². The fourth-order valence-electron chi connectivity index (χ4n) is 6.56. The molecule has 16 heteroatoms. The molecule has 1 unspecified atom stereocenters. The van der Waals surface area contributed by atoms with Crippen molar-refractivity contribution < 1.29 is 26.5 Å². The summed E-state index contributed by atoms with van der Waals surface area (Å²) in [6.07, 6.45) is 3.29. The van der Waals surface area contributed by atoms with Crippen LogP contribution in [-0.2, 0) is 10.0 Å². The summed E-state index contributed by atoms with van der Waals surface area (Å²) >= 11 is 0. The summed E-state index contributed by atoms with van der Waals surface area (Å²) in [6.45, 7) is 1.78. The van der Waals surface area contributed by atoms with Gasteiger partial charge in [0.15, 0.2) is 11.5 Å². The minimum atomic E-state index is -4.45. The average Bonchev–Trinajstić information content (AvgIpc) is 3.79. The van der Waals surface area contributed by atoms with Crippen LogP contribution in [0.1, 0.15) is 52.9 Å². The quantitative estimate of drug-likeness (QED) is 0.187. The third kappa shape index (κ3) is 6.37. The number of carbonyl (C=O) groups excluding carboxylic acids is 1. The predicted molar refractivity (Wildman–Crippen MR) is 181 cm³/mol. The highest BCUT2D eigenvalue weighted by Crippen LogP contribution is 2.37. The maximum Gasteiger partial charge on any atom is 0.273 e. The van der Waals surface area contributed by atoms with Crippen LogP contribution in [0.15, 0.2) is 94.6 Å². The fourth-order valence-corrected chi connectivity index (χ4v) is 7.93. The molecule has 1 aliphatic carbocycles. The molecule has 12 nitrogen and oxygen atoms in total. The Morgan fingerprint density at radius 3 is 2.51 bits per heavy atom. The van der Waals surface area contributed by atoms with E-state index in [4.69, 9.17) is 0 Å². The van der Waals surface area contributed by atoms with Gasteiger partial charge < -0.3 is 5.32 Å². The van der Waals surface area contributed by atoms with Crippen molar-refractivity contribution >= 4 is 38.2 Å². The van der Waals surface area contributed by atoms with Crippen LogP contribution in [0, 0.1) is 29.9 Å². The minimum absolute atomic E-state index is 0.0923. The van der Waals surface area contributed by atoms with Gasteiger partial charge in [-0.1, -0.05) is 52.5 Å². The number of aryl methyl sites for hydroxylation is 1. The number of H-pyrrole nitrogens is 1. The molecule has 3 aromatic carbocycles. The molecule has 1 saturated carbocycles. The Labute approximate surface area is 290 Å². The molecule has 3 N–H and O–H groups in total. The van der Waals surface area contributed by atoms with Crippen LogP contribution in [0.4, 0.5) is 13.3 Å². The Balaban J connectivity index is 1.34. The van der Waals surface area contributed by atoms with Crippen LogP contribution in [0.5, 0.6) is 0 Å². The molecule has 1 aliphatic heterocycles. The zero-order valence-corrected chi connectivity index (χ0v) is 27.8. The SMILES string of the molecule is Cc1ccc(S(=O)(=O)n2cc(C3=NC(N[C@@H]4CCC[C@H](NC(=O)c5cn[nH]n5)C4)N(F)C(c4ccccc4)=C3C#N)c3cc(F)cc(F)c32)cc1. The summed E-state index contributed by atoms with van der Waals surface area (Å²) in [5, 5.41) is 26.6. The number of carbonyl (C=O) groups is 1. The maximum atomic E-state index is 16.6. The third-order valence-electron chi connectivity index (χ3n) is 8.97. The first-order valence-corrected chi connectivity index (χ1v) is 17.5. The minimum Gasteiger partial charge on any atom is -0.348 e. The highest BCUT2D eigenvalue weighted by Gasteiger charge is 2.37. The van der Waals surface area contributed by atoms with E-state index in [2.05, 4.69) is 31.0 Å². The van der Waals surface area contributed by atoms with Crippen molar-refractivity contribution in [2.24, 2.45) is 4.99 Å². The monoisotopic (exact) mass is 713 g/mol. The van der Waals surface area contributed by atoms with Gasteiger partial charge >= 0.3 is 0 Å². The lowest BCUT2D eigenvalue weighted by Crippen LogP contribution is -2.51. The lowest BCUT2D eigenvalue weighted by Gasteiger charge is -2.36. The Morgan fingerprint density at radius 2 is 1.80 bits per heavy atom. The lowest BCUT2D eigenvalue weighted by molar-refractivity contribution is 0.0261. The van der Waals surface area contributed by atoms with E-state index in [1.165, 1.54) is 18.3 Å². The van der Waals surface area contributed by atoms with E-state index in [1.807, 2.05) is 6.07 Å². The fraction of sp³-hybridized carbons (Fsp3) is 0.229. The zero-order chi connectivity index (χ0) is 35.9. The van der Waals surface area contributed by atoms with Crippen molar-refractivity contribution in [2.75, 3.05) is 0 Å². The van der Waals surface area contributed by atoms with Gasteiger partial charge in [-0.25, -0.2) is 26.2 Å². The van der Waals surface area contributed by atoms with Gasteiger partial charge in [-0.15, -0.1) is 0 Å². The molecule has 3 heterocycles. The van der Waals surface area contributed by atoms with Gasteiger partial charge in [0.1, 0.15) is 28.7 Å². The van der Waals surface area contributed by atoms with Crippen LogP contribution in [0.25, 0.3) is 16.6 Å². The van der Waals surface area contributed by atoms with Crippen LogP contribution in [0.2, 0.25) is 0 Å². The molecule has 51 heavy (non-hydrogen) atoms. The number of fused-ring (bicyclic) bond motifs is 1. The molecule has 5 aromatic rings. The van der Waals surface area contributed by atoms with E-state index >= 15 is 8.87 Å². The number of allylic oxidation sites excluding steroid dienone is 1. The van der Waals surface area contributed by atoms with Crippen molar-refractivity contribution in [3.05, 3.63) is 119 Å². The number of nitriles is 1. The molecule has 7 rings (SSSR count). The predicted octanol–water partition coefficient (Wildman–Crippen LogP) is 5.12. The smallest absolute Gasteiger partial charge is 0.273 e. The van der Waals surface area contributed by atoms with E-state index in [-0.39, 0.29) is 50.6 Å². The second-order valence-corrected chi connectivity index (χ2v) is 14.2. The number of nitrogens with one attached hydrogen (secondary N) is 3. The molecular weight excluding hydrogens is 684 g/mol. The lowest BCUT2D eigenvalue weighted by atomic mass is 9.90. The van der Waals surface area contributed by atoms with Crippen molar-refractivity contribution in [1.82, 2.24) is 35.1 Å². The van der Waals surface area contributed by atoms with Crippen molar-refractivity contribution in [3.8, 4) is 6.07 Å². The number of nitrogens with zero attached hydrogens (tertiary/aromatic N) is 6. The summed E-state index contributed by atoms with van der Waals surface area (Å²) in [5.41, 5.74) is 0.0623. The van der Waals surface area contributed by atoms with Gasteiger partial charge in [-0.2, -0.15) is 25.8 Å². The van der Waals surface area contributed by atoms with Crippen molar-refractivity contribution in [2.45, 2.75) is 55.9 Å². The first kappa shape index (κ1) is 33.7. The largest absolute Gasteiger partial charge is 0.348 e. The number of hydrogen-bond acceptors (Lipinski definition) is 9. The molecule has 0 spiro atoms. The van der Waals surface area contributed by atoms with Crippen LogP contribution >= 0.6 is 0 Å². The van der Waals surface area contributed by atoms with Crippen LogP contribution < -0.4 is 10.6 Å². The number of aliphatic imine (C=N–C) groups is 1. The van der Waals surface area contributed by atoms with E-state index in [9.17, 15) is 22.9 Å². The van der Waals surface area contributed by atoms with Gasteiger partial charge in [0, 0.05) is 40.9 Å². The summed E-state index contributed by atoms with van der Waals surface area (Å²) in [6, 6.07) is 17.0. The Bertz CT molecular complexity index is 2340. The molecule has 0 bridgehead atoms. The number of aromatic nitrogens is 4. The zero-order valence-electron chi connectivity index (χ0n) is 27.0. The number of halogens is 3. The summed E-state index contributed by atoms with van der Waals surface area (Å²) in [5.74, 6) is -2.56. The van der Waals surface area contributed by atoms with Crippen molar-refractivity contribution in [3.63, 3.8) is 0 Å². The summed E-state index contributed by atoms with van der Waals surface area (Å²) in [4.78, 5) is 17.1. The highest BCUT2D eigenvalue weighted by atomic mass is 32.2. The van der Waals surface area contributed by atoms with Gasteiger partial charge in [0.25, 0.3) is 15.9 Å². The van der Waals surface area contributed by atoms with E-state index in [0.29, 0.717) is 46.4 Å². The van der Waals surface area contributed by atoms with Crippen LogP contribution in [0.3, 0.4) is 0 Å². The Kier molecular flexibility index (Phi) is 8.92. The number of amides is 1. The van der Waals surface area contributed by atoms with Gasteiger partial charge in [0.05, 0.1) is 16.8 Å². The molecular formula is C35H30F3N9O3S. The maximum absolute atomic E-state index is 16.6. The standard InChI is InChI=1S/C35H30F3N9O3S/c1-20-10-12-25(13-11-20)51(49,50)46-19-28(26-14-22(36)15-29(37)33(26)46)31-27(17-39)32(21-6-3-2-4-7-21)47(38)35(43-31)42-24-9-5-8-23(16-24)41-34(48)30-18-40-45-44-30/h2-4,6-7,10-15,18-19,23-24,35,42H,5,8-9,16H2,1H3,(H,41,48)(H,40,44,45)/t23-,24+,35?/m0/s1. The number of aromatic amines is 1. The topological polar surface area (TPSA) is 161 Å². The number of benzene rings is 3. The molecule has 2 aromatic heterocycles. The van der Waals surface area contributed by atoms with Gasteiger partial charge in [-0.3, -0.25) is 10.1 Å². The molecule has 0 saturated heterocycles. The molecule has 1 fully saturated rings. The number of rotatable bonds is 8. The number of hydrogen-bond donors (Lipinski definition) is 3. The van der Waals surface area contributed by atoms with Gasteiger partial charge in [0.2, 0.25) is 6.29 Å². The molecule has 3 atom stereocenters. The normalized spacial score (nSPS) is 19.5. The molecule has 2 aliphatic rings. The summed E-state index contributed by atoms with van der Waals surface area (Å²) in [7, 11) is -4.45. The van der Waals surface area contributed by atoms with E-state index in [1.54, 1.807) is 49.4 Å². The first-order valence-electron chi connectivity index (χ1n) is 16.0. The average molecular weight is 714 g/mol. The second-order valence-electron chi connectivity index (χ2n) is 12.4. The third-order valence-corrected chi connectivity index (χ3v) is 10.6. The van der Waals surface area contributed by atoms with E-state index in [0.717, 1.165) is 17.8 Å². The van der Waals surface area contributed by atoms with Gasteiger partial charge in [-0.05, 0) is 50.8 Å². The molecule has 260 valence electrons. The molecule has 1 amide bonds. The molecule has 0 radical (unpaired) electrons. The first-order chi connectivity index (χ1) is 24.5. The Morgan fingerprint density at radius 1 is 1.06 bits per heavy atom. The summed E-state index contributed by atoms with van der Waals surface area (Å²) < 4.78 is 75.7. The highest BCUT2D eigenvalue weighted by molar-refractivity contribution is 7.90. The van der Waals surface area contributed by atoms with Crippen molar-refractivity contribution in [1.29, 1.82) is 5.26 Å². The second kappa shape index (κ2) is 13.5. The van der Waals surface area contributed by atoms with Crippen LogP contribution in [-0.4, -0.2) is 62.9 Å². The Hall–Kier alpha value is -5.79.